The predicted octanol–water partition coefficient (Wildman–Crippen LogP) is 1.66. The van der Waals surface area contributed by atoms with E-state index in [9.17, 15) is 9.59 Å². The highest BCUT2D eigenvalue weighted by molar-refractivity contribution is 7.09. The Labute approximate surface area is 117 Å². The van der Waals surface area contributed by atoms with Gasteiger partial charge in [-0.3, -0.25) is 9.59 Å². The maximum Gasteiger partial charge on any atom is 0.243 e. The second kappa shape index (κ2) is 5.74. The topological polar surface area (TPSA) is 49.4 Å². The fourth-order valence-corrected chi connectivity index (χ4v) is 3.43. The Bertz CT molecular complexity index is 456. The third kappa shape index (κ3) is 2.97. The van der Waals surface area contributed by atoms with Crippen molar-refractivity contribution in [3.8, 4) is 0 Å². The lowest BCUT2D eigenvalue weighted by molar-refractivity contribution is -0.149. The van der Waals surface area contributed by atoms with Gasteiger partial charge in [0.25, 0.3) is 0 Å². The third-order valence-electron chi connectivity index (χ3n) is 3.45. The molecule has 0 saturated carbocycles. The van der Waals surface area contributed by atoms with Crippen LogP contribution in [0.2, 0.25) is 0 Å². The van der Waals surface area contributed by atoms with Crippen LogP contribution in [0.3, 0.4) is 0 Å². The summed E-state index contributed by atoms with van der Waals surface area (Å²) in [6.45, 7) is 6.10. The Morgan fingerprint density at radius 2 is 2.16 bits per heavy atom. The quantitative estimate of drug-likeness (QED) is 0.912. The second-order valence-corrected chi connectivity index (χ2v) is 6.37. The van der Waals surface area contributed by atoms with E-state index >= 15 is 0 Å². The normalized spacial score (nSPS) is 21.7. The highest BCUT2D eigenvalue weighted by Crippen LogP contribution is 2.21. The average Bonchev–Trinajstić information content (AvgIpc) is 2.83. The van der Waals surface area contributed by atoms with Crippen molar-refractivity contribution in [3.05, 3.63) is 22.4 Å². The van der Waals surface area contributed by atoms with Crippen LogP contribution in [0, 0.1) is 5.92 Å². The van der Waals surface area contributed by atoms with Gasteiger partial charge >= 0.3 is 0 Å². The van der Waals surface area contributed by atoms with Gasteiger partial charge in [0.05, 0.1) is 6.54 Å². The van der Waals surface area contributed by atoms with Crippen LogP contribution in [0.4, 0.5) is 0 Å². The van der Waals surface area contributed by atoms with Gasteiger partial charge in [0.1, 0.15) is 6.04 Å². The molecule has 1 saturated heterocycles. The molecule has 0 bridgehead atoms. The maximum atomic E-state index is 12.1. The molecule has 0 spiro atoms. The summed E-state index contributed by atoms with van der Waals surface area (Å²) in [7, 11) is 0. The molecule has 0 aliphatic carbocycles. The van der Waals surface area contributed by atoms with Gasteiger partial charge in [0.2, 0.25) is 11.8 Å². The van der Waals surface area contributed by atoms with Gasteiger partial charge in [-0.25, -0.2) is 0 Å². The third-order valence-corrected chi connectivity index (χ3v) is 4.35. The lowest BCUT2D eigenvalue weighted by Crippen LogP contribution is -2.62. The summed E-state index contributed by atoms with van der Waals surface area (Å²) in [6, 6.07) is 3.78. The number of carbonyl (C=O) groups is 2. The van der Waals surface area contributed by atoms with Crippen molar-refractivity contribution in [1.29, 1.82) is 0 Å². The summed E-state index contributed by atoms with van der Waals surface area (Å²) in [5.74, 6) is 0.102. The molecule has 2 rings (SSSR count). The lowest BCUT2D eigenvalue weighted by Gasteiger charge is -2.41. The largest absolute Gasteiger partial charge is 0.345 e. The van der Waals surface area contributed by atoms with E-state index < -0.39 is 0 Å². The van der Waals surface area contributed by atoms with E-state index in [2.05, 4.69) is 11.4 Å². The molecule has 5 heteroatoms. The number of amides is 2. The van der Waals surface area contributed by atoms with E-state index in [4.69, 9.17) is 0 Å². The number of rotatable bonds is 4. The molecule has 4 nitrogen and oxygen atoms in total. The first-order valence-corrected chi connectivity index (χ1v) is 7.50. The smallest absolute Gasteiger partial charge is 0.243 e. The minimum Gasteiger partial charge on any atom is -0.345 e. The molecule has 1 aliphatic rings. The summed E-state index contributed by atoms with van der Waals surface area (Å²) >= 11 is 1.69. The maximum absolute atomic E-state index is 12.1. The van der Waals surface area contributed by atoms with Crippen LogP contribution in [0.5, 0.6) is 0 Å². The van der Waals surface area contributed by atoms with Crippen molar-refractivity contribution in [2.24, 2.45) is 5.92 Å². The number of hydrogen-bond acceptors (Lipinski definition) is 3. The van der Waals surface area contributed by atoms with Crippen LogP contribution in [0.15, 0.2) is 17.5 Å². The van der Waals surface area contributed by atoms with Crippen LogP contribution < -0.4 is 5.32 Å². The zero-order valence-electron chi connectivity index (χ0n) is 11.6. The number of piperazine rings is 1. The molecule has 1 aromatic heterocycles. The van der Waals surface area contributed by atoms with E-state index in [1.54, 1.807) is 16.2 Å². The van der Waals surface area contributed by atoms with Gasteiger partial charge in [-0.2, -0.15) is 0 Å². The SMILES string of the molecule is CC(C)C1C(=O)NCC(=O)N1C(C)Cc1cccs1. The summed E-state index contributed by atoms with van der Waals surface area (Å²) < 4.78 is 0. The van der Waals surface area contributed by atoms with Gasteiger partial charge in [0.15, 0.2) is 0 Å². The standard InChI is InChI=1S/C14H20N2O2S/c1-9(2)13-14(18)15-8-12(17)16(13)10(3)7-11-5-4-6-19-11/h4-6,9-10,13H,7-8H2,1-3H3,(H,15,18). The fourth-order valence-electron chi connectivity index (χ4n) is 2.60. The number of carbonyl (C=O) groups excluding carboxylic acids is 2. The van der Waals surface area contributed by atoms with Crippen molar-refractivity contribution in [1.82, 2.24) is 10.2 Å². The molecule has 1 N–H and O–H groups in total. The van der Waals surface area contributed by atoms with E-state index in [0.717, 1.165) is 6.42 Å². The molecule has 1 fully saturated rings. The molecule has 19 heavy (non-hydrogen) atoms. The molecule has 2 heterocycles. The Morgan fingerprint density at radius 3 is 2.74 bits per heavy atom. The molecule has 104 valence electrons. The Balaban J connectivity index is 2.17. The first-order valence-electron chi connectivity index (χ1n) is 6.62. The summed E-state index contributed by atoms with van der Waals surface area (Å²) in [5.41, 5.74) is 0. The van der Waals surface area contributed by atoms with Crippen LogP contribution in [-0.2, 0) is 16.0 Å². The number of hydrogen-bond donors (Lipinski definition) is 1. The van der Waals surface area contributed by atoms with Crippen LogP contribution in [-0.4, -0.2) is 35.3 Å². The molecule has 0 radical (unpaired) electrons. The Kier molecular flexibility index (Phi) is 4.24. The van der Waals surface area contributed by atoms with Gasteiger partial charge < -0.3 is 10.2 Å². The zero-order chi connectivity index (χ0) is 14.0. The summed E-state index contributed by atoms with van der Waals surface area (Å²) in [4.78, 5) is 27.1. The first-order chi connectivity index (χ1) is 9.00. The molecular formula is C14H20N2O2S. The number of nitrogens with one attached hydrogen (secondary N) is 1. The van der Waals surface area contributed by atoms with Crippen molar-refractivity contribution in [3.63, 3.8) is 0 Å². The van der Waals surface area contributed by atoms with Gasteiger partial charge in [-0.15, -0.1) is 11.3 Å². The predicted molar refractivity (Wildman–Crippen MR) is 76.0 cm³/mol. The van der Waals surface area contributed by atoms with Crippen molar-refractivity contribution in [2.45, 2.75) is 39.3 Å². The number of thiophene rings is 1. The average molecular weight is 280 g/mol. The lowest BCUT2D eigenvalue weighted by atomic mass is 9.96. The van der Waals surface area contributed by atoms with E-state index in [1.807, 2.05) is 32.2 Å². The first kappa shape index (κ1) is 14.1. The zero-order valence-corrected chi connectivity index (χ0v) is 12.4. The summed E-state index contributed by atoms with van der Waals surface area (Å²) in [5, 5.41) is 4.71. The van der Waals surface area contributed by atoms with E-state index in [0.29, 0.717) is 0 Å². The molecule has 0 aromatic carbocycles. The van der Waals surface area contributed by atoms with Gasteiger partial charge in [0, 0.05) is 17.3 Å². The molecule has 2 unspecified atom stereocenters. The van der Waals surface area contributed by atoms with E-state index in [1.165, 1.54) is 4.88 Å². The minimum absolute atomic E-state index is 0.0161. The van der Waals surface area contributed by atoms with Gasteiger partial charge in [-0.05, 0) is 24.3 Å². The van der Waals surface area contributed by atoms with Crippen molar-refractivity contribution < 1.29 is 9.59 Å². The van der Waals surface area contributed by atoms with Crippen LogP contribution >= 0.6 is 11.3 Å². The molecule has 2 amide bonds. The van der Waals surface area contributed by atoms with Gasteiger partial charge in [-0.1, -0.05) is 19.9 Å². The molecule has 1 aliphatic heterocycles. The second-order valence-electron chi connectivity index (χ2n) is 5.34. The fraction of sp³-hybridized carbons (Fsp3) is 0.571. The number of nitrogens with zero attached hydrogens (tertiary/aromatic N) is 1. The van der Waals surface area contributed by atoms with Crippen molar-refractivity contribution >= 4 is 23.2 Å². The van der Waals surface area contributed by atoms with Crippen LogP contribution in [0.25, 0.3) is 0 Å². The Hall–Kier alpha value is -1.36. The highest BCUT2D eigenvalue weighted by Gasteiger charge is 2.38. The Morgan fingerprint density at radius 1 is 1.42 bits per heavy atom. The van der Waals surface area contributed by atoms with Crippen LogP contribution in [0.1, 0.15) is 25.6 Å². The summed E-state index contributed by atoms with van der Waals surface area (Å²) in [6.07, 6.45) is 0.805. The molecule has 1 aromatic rings. The minimum atomic E-state index is -0.351. The van der Waals surface area contributed by atoms with E-state index in [-0.39, 0.29) is 36.4 Å². The monoisotopic (exact) mass is 280 g/mol. The van der Waals surface area contributed by atoms with Crippen molar-refractivity contribution in [2.75, 3.05) is 6.54 Å². The molecule has 2 atom stereocenters. The molecular weight excluding hydrogens is 260 g/mol. The highest BCUT2D eigenvalue weighted by atomic mass is 32.1.